The van der Waals surface area contributed by atoms with Crippen molar-refractivity contribution in [2.75, 3.05) is 6.54 Å². The van der Waals surface area contributed by atoms with Crippen molar-refractivity contribution in [3.63, 3.8) is 0 Å². The van der Waals surface area contributed by atoms with Gasteiger partial charge in [-0.25, -0.2) is 0 Å². The molecule has 2 aromatic carbocycles. The SMILES string of the molecule is Cc1cccc(C(CN)SCc2ccccc2)c1. The van der Waals surface area contributed by atoms with Crippen molar-refractivity contribution >= 4 is 11.8 Å². The van der Waals surface area contributed by atoms with Crippen molar-refractivity contribution in [3.8, 4) is 0 Å². The van der Waals surface area contributed by atoms with Crippen LogP contribution in [-0.4, -0.2) is 6.54 Å². The molecule has 0 spiro atoms. The van der Waals surface area contributed by atoms with Gasteiger partial charge in [0.25, 0.3) is 0 Å². The maximum absolute atomic E-state index is 5.90. The standard InChI is InChI=1S/C16H19NS/c1-13-6-5-9-15(10-13)16(11-17)18-12-14-7-3-2-4-8-14/h2-10,16H,11-12,17H2,1H3. The first-order valence-electron chi connectivity index (χ1n) is 6.22. The van der Waals surface area contributed by atoms with E-state index in [-0.39, 0.29) is 0 Å². The lowest BCUT2D eigenvalue weighted by molar-refractivity contribution is 0.938. The third-order valence-electron chi connectivity index (χ3n) is 2.92. The monoisotopic (exact) mass is 257 g/mol. The summed E-state index contributed by atoms with van der Waals surface area (Å²) in [7, 11) is 0. The van der Waals surface area contributed by atoms with E-state index >= 15 is 0 Å². The molecule has 0 aliphatic rings. The van der Waals surface area contributed by atoms with Crippen LogP contribution in [0.3, 0.4) is 0 Å². The minimum absolute atomic E-state index is 0.380. The number of nitrogens with two attached hydrogens (primary N) is 1. The Morgan fingerprint density at radius 1 is 1.06 bits per heavy atom. The molecule has 0 aliphatic heterocycles. The highest BCUT2D eigenvalue weighted by Gasteiger charge is 2.10. The van der Waals surface area contributed by atoms with Crippen molar-refractivity contribution in [3.05, 3.63) is 71.3 Å². The van der Waals surface area contributed by atoms with Gasteiger partial charge in [-0.2, -0.15) is 0 Å². The van der Waals surface area contributed by atoms with Gasteiger partial charge in [-0.05, 0) is 18.1 Å². The summed E-state index contributed by atoms with van der Waals surface area (Å²) in [5.74, 6) is 1.01. The summed E-state index contributed by atoms with van der Waals surface area (Å²) in [5, 5.41) is 0.380. The van der Waals surface area contributed by atoms with Crippen LogP contribution in [0.4, 0.5) is 0 Å². The fourth-order valence-electron chi connectivity index (χ4n) is 1.94. The Hall–Kier alpha value is -1.25. The Bertz CT molecular complexity index is 481. The zero-order valence-corrected chi connectivity index (χ0v) is 11.5. The summed E-state index contributed by atoms with van der Waals surface area (Å²) in [6.45, 7) is 2.81. The molecule has 0 fully saturated rings. The molecule has 0 saturated heterocycles. The predicted molar refractivity (Wildman–Crippen MR) is 80.7 cm³/mol. The Balaban J connectivity index is 2.02. The minimum Gasteiger partial charge on any atom is -0.329 e. The zero-order chi connectivity index (χ0) is 12.8. The summed E-state index contributed by atoms with van der Waals surface area (Å²) in [5.41, 5.74) is 9.88. The van der Waals surface area contributed by atoms with Gasteiger partial charge in [-0.15, -0.1) is 11.8 Å². The molecule has 2 heteroatoms. The molecule has 1 unspecified atom stereocenters. The van der Waals surface area contributed by atoms with Crippen LogP contribution in [0.25, 0.3) is 0 Å². The first-order chi connectivity index (χ1) is 8.79. The van der Waals surface area contributed by atoms with Gasteiger partial charge >= 0.3 is 0 Å². The lowest BCUT2D eigenvalue weighted by Crippen LogP contribution is -2.09. The van der Waals surface area contributed by atoms with Crippen molar-refractivity contribution in [2.24, 2.45) is 5.73 Å². The Morgan fingerprint density at radius 2 is 1.83 bits per heavy atom. The zero-order valence-electron chi connectivity index (χ0n) is 10.7. The average molecular weight is 257 g/mol. The van der Waals surface area contributed by atoms with Gasteiger partial charge < -0.3 is 5.73 Å². The molecule has 2 N–H and O–H groups in total. The van der Waals surface area contributed by atoms with Crippen molar-refractivity contribution in [1.29, 1.82) is 0 Å². The molecule has 0 aromatic heterocycles. The number of benzene rings is 2. The third kappa shape index (κ3) is 3.62. The fourth-order valence-corrected chi connectivity index (χ4v) is 3.00. The lowest BCUT2D eigenvalue weighted by Gasteiger charge is -2.15. The van der Waals surface area contributed by atoms with Gasteiger partial charge in [0.15, 0.2) is 0 Å². The van der Waals surface area contributed by atoms with Crippen molar-refractivity contribution in [2.45, 2.75) is 17.9 Å². The van der Waals surface area contributed by atoms with Crippen LogP contribution in [0.5, 0.6) is 0 Å². The third-order valence-corrected chi connectivity index (χ3v) is 4.29. The second-order valence-corrected chi connectivity index (χ2v) is 5.63. The van der Waals surface area contributed by atoms with Gasteiger partial charge in [0, 0.05) is 17.5 Å². The topological polar surface area (TPSA) is 26.0 Å². The number of rotatable bonds is 5. The summed E-state index contributed by atoms with van der Waals surface area (Å²) in [6.07, 6.45) is 0. The second kappa shape index (κ2) is 6.62. The van der Waals surface area contributed by atoms with E-state index in [1.165, 1.54) is 16.7 Å². The maximum Gasteiger partial charge on any atom is 0.0423 e. The molecular formula is C16H19NS. The first kappa shape index (κ1) is 13.2. The first-order valence-corrected chi connectivity index (χ1v) is 7.26. The van der Waals surface area contributed by atoms with E-state index in [0.29, 0.717) is 11.8 Å². The molecule has 94 valence electrons. The van der Waals surface area contributed by atoms with Crippen molar-refractivity contribution in [1.82, 2.24) is 0 Å². The maximum atomic E-state index is 5.90. The number of aryl methyl sites for hydroxylation is 1. The van der Waals surface area contributed by atoms with Crippen LogP contribution in [0, 0.1) is 6.92 Å². The van der Waals surface area contributed by atoms with Gasteiger partial charge in [0.1, 0.15) is 0 Å². The predicted octanol–water partition coefficient (Wildman–Crippen LogP) is 3.93. The Labute approximate surface area is 113 Å². The smallest absolute Gasteiger partial charge is 0.0423 e. The van der Waals surface area contributed by atoms with Crippen LogP contribution in [-0.2, 0) is 5.75 Å². The van der Waals surface area contributed by atoms with Crippen LogP contribution in [0.1, 0.15) is 21.9 Å². The molecule has 0 radical (unpaired) electrons. The Morgan fingerprint density at radius 3 is 2.50 bits per heavy atom. The van der Waals surface area contributed by atoms with Crippen LogP contribution in [0.2, 0.25) is 0 Å². The average Bonchev–Trinajstić information content (AvgIpc) is 2.41. The summed E-state index contributed by atoms with van der Waals surface area (Å²) < 4.78 is 0. The molecule has 0 heterocycles. The molecular weight excluding hydrogens is 238 g/mol. The summed E-state index contributed by atoms with van der Waals surface area (Å²) >= 11 is 1.91. The summed E-state index contributed by atoms with van der Waals surface area (Å²) in [4.78, 5) is 0. The number of hydrogen-bond donors (Lipinski definition) is 1. The van der Waals surface area contributed by atoms with Crippen LogP contribution >= 0.6 is 11.8 Å². The van der Waals surface area contributed by atoms with E-state index in [0.717, 1.165) is 5.75 Å². The highest BCUT2D eigenvalue weighted by Crippen LogP contribution is 2.30. The largest absolute Gasteiger partial charge is 0.329 e. The second-order valence-electron chi connectivity index (χ2n) is 4.44. The van der Waals surface area contributed by atoms with Gasteiger partial charge in [-0.3, -0.25) is 0 Å². The molecule has 2 rings (SSSR count). The van der Waals surface area contributed by atoms with E-state index in [1.54, 1.807) is 0 Å². The fraction of sp³-hybridized carbons (Fsp3) is 0.250. The normalized spacial score (nSPS) is 12.3. The quantitative estimate of drug-likeness (QED) is 0.878. The van der Waals surface area contributed by atoms with E-state index < -0.39 is 0 Å². The van der Waals surface area contributed by atoms with Gasteiger partial charge in [0.2, 0.25) is 0 Å². The minimum atomic E-state index is 0.380. The number of hydrogen-bond acceptors (Lipinski definition) is 2. The van der Waals surface area contributed by atoms with Crippen LogP contribution < -0.4 is 5.73 Å². The molecule has 0 amide bonds. The van der Waals surface area contributed by atoms with Gasteiger partial charge in [-0.1, -0.05) is 60.2 Å². The van der Waals surface area contributed by atoms with Crippen molar-refractivity contribution < 1.29 is 0 Å². The Kier molecular flexibility index (Phi) is 4.85. The summed E-state index contributed by atoms with van der Waals surface area (Å²) in [6, 6.07) is 19.2. The van der Waals surface area contributed by atoms with Crippen LogP contribution in [0.15, 0.2) is 54.6 Å². The molecule has 1 atom stereocenters. The highest BCUT2D eigenvalue weighted by atomic mass is 32.2. The molecule has 1 nitrogen and oxygen atoms in total. The molecule has 2 aromatic rings. The molecule has 18 heavy (non-hydrogen) atoms. The van der Waals surface area contributed by atoms with E-state index in [2.05, 4.69) is 61.5 Å². The molecule has 0 aliphatic carbocycles. The van der Waals surface area contributed by atoms with Gasteiger partial charge in [0.05, 0.1) is 0 Å². The van der Waals surface area contributed by atoms with E-state index in [9.17, 15) is 0 Å². The number of thioether (sulfide) groups is 1. The van der Waals surface area contributed by atoms with E-state index in [4.69, 9.17) is 5.73 Å². The van der Waals surface area contributed by atoms with E-state index in [1.807, 2.05) is 11.8 Å². The lowest BCUT2D eigenvalue weighted by atomic mass is 10.1. The molecule has 0 saturated carbocycles. The highest BCUT2D eigenvalue weighted by molar-refractivity contribution is 7.98. The molecule has 0 bridgehead atoms.